The molecule has 0 atom stereocenters. The number of hydrogen-bond acceptors (Lipinski definition) is 2. The normalized spacial score (nSPS) is 15.9. The fourth-order valence-corrected chi connectivity index (χ4v) is 3.82. The Morgan fingerprint density at radius 3 is 1.70 bits per heavy atom. The minimum Gasteiger partial charge on any atom is -0.508 e. The van der Waals surface area contributed by atoms with Crippen molar-refractivity contribution in [3.8, 4) is 11.5 Å². The molecule has 2 heteroatoms. The summed E-state index contributed by atoms with van der Waals surface area (Å²) in [6.45, 7) is 0. The maximum absolute atomic E-state index is 9.55. The van der Waals surface area contributed by atoms with Crippen LogP contribution in [0.3, 0.4) is 0 Å². The van der Waals surface area contributed by atoms with Crippen molar-refractivity contribution in [3.05, 3.63) is 59.7 Å². The summed E-state index contributed by atoms with van der Waals surface area (Å²) in [5.74, 6) is 1.81. The zero-order valence-corrected chi connectivity index (χ0v) is 13.6. The predicted molar refractivity (Wildman–Crippen MR) is 93.9 cm³/mol. The number of hydrogen-bond donors (Lipinski definition) is 2. The van der Waals surface area contributed by atoms with Crippen LogP contribution in [0.25, 0.3) is 0 Å². The third kappa shape index (κ3) is 4.28. The van der Waals surface area contributed by atoms with Gasteiger partial charge in [-0.05, 0) is 54.2 Å². The van der Waals surface area contributed by atoms with E-state index in [-0.39, 0.29) is 0 Å². The number of rotatable bonds is 5. The lowest BCUT2D eigenvalue weighted by atomic mass is 9.80. The third-order valence-electron chi connectivity index (χ3n) is 5.18. The molecule has 0 heterocycles. The summed E-state index contributed by atoms with van der Waals surface area (Å²) in [5, 5.41) is 19.1. The van der Waals surface area contributed by atoms with Gasteiger partial charge in [0.1, 0.15) is 11.5 Å². The van der Waals surface area contributed by atoms with Crippen molar-refractivity contribution in [2.45, 2.75) is 50.9 Å². The summed E-state index contributed by atoms with van der Waals surface area (Å²) in [6.07, 6.45) is 9.29. The summed E-state index contributed by atoms with van der Waals surface area (Å²) in [6, 6.07) is 15.2. The van der Waals surface area contributed by atoms with Crippen LogP contribution in [-0.2, 0) is 0 Å². The molecule has 122 valence electrons. The van der Waals surface area contributed by atoms with E-state index in [1.54, 1.807) is 24.3 Å². The van der Waals surface area contributed by atoms with Crippen LogP contribution in [0.5, 0.6) is 11.5 Å². The number of benzene rings is 2. The number of aromatic hydroxyl groups is 2. The van der Waals surface area contributed by atoms with E-state index >= 15 is 0 Å². The molecular weight excluding hydrogens is 284 g/mol. The van der Waals surface area contributed by atoms with Gasteiger partial charge in [0.25, 0.3) is 0 Å². The Morgan fingerprint density at radius 2 is 1.22 bits per heavy atom. The maximum atomic E-state index is 9.55. The first-order chi connectivity index (χ1) is 11.2. The Bertz CT molecular complexity index is 549. The van der Waals surface area contributed by atoms with Gasteiger partial charge in [-0.25, -0.2) is 0 Å². The standard InChI is InChI=1S/C21H26O2/c22-19-11-7-17(8-12-19)21(18-9-13-20(23)14-10-18)15-6-16-4-2-1-3-5-16/h7-14,16,21-23H,1-6,15H2. The smallest absolute Gasteiger partial charge is 0.115 e. The second kappa shape index (κ2) is 7.54. The minimum atomic E-state index is 0.311. The Labute approximate surface area is 138 Å². The Kier molecular flexibility index (Phi) is 5.22. The van der Waals surface area contributed by atoms with Crippen molar-refractivity contribution >= 4 is 0 Å². The van der Waals surface area contributed by atoms with Crippen LogP contribution in [-0.4, -0.2) is 10.2 Å². The van der Waals surface area contributed by atoms with Crippen LogP contribution in [0.15, 0.2) is 48.5 Å². The summed E-state index contributed by atoms with van der Waals surface area (Å²) < 4.78 is 0. The highest BCUT2D eigenvalue weighted by Gasteiger charge is 2.19. The summed E-state index contributed by atoms with van der Waals surface area (Å²) in [4.78, 5) is 0. The van der Waals surface area contributed by atoms with Crippen molar-refractivity contribution in [1.82, 2.24) is 0 Å². The SMILES string of the molecule is Oc1ccc(C(CCC2CCCCC2)c2ccc(O)cc2)cc1. The van der Waals surface area contributed by atoms with Crippen molar-refractivity contribution in [2.24, 2.45) is 5.92 Å². The summed E-state index contributed by atoms with van der Waals surface area (Å²) in [7, 11) is 0. The van der Waals surface area contributed by atoms with Crippen LogP contribution in [0.2, 0.25) is 0 Å². The highest BCUT2D eigenvalue weighted by atomic mass is 16.3. The van der Waals surface area contributed by atoms with Crippen LogP contribution in [0.1, 0.15) is 62.0 Å². The lowest BCUT2D eigenvalue weighted by Gasteiger charge is -2.25. The van der Waals surface area contributed by atoms with E-state index in [0.29, 0.717) is 17.4 Å². The second-order valence-electron chi connectivity index (χ2n) is 6.82. The zero-order valence-electron chi connectivity index (χ0n) is 13.6. The van der Waals surface area contributed by atoms with Gasteiger partial charge in [0, 0.05) is 5.92 Å². The van der Waals surface area contributed by atoms with Crippen LogP contribution in [0, 0.1) is 5.92 Å². The van der Waals surface area contributed by atoms with E-state index in [4.69, 9.17) is 0 Å². The topological polar surface area (TPSA) is 40.5 Å². The lowest BCUT2D eigenvalue weighted by molar-refractivity contribution is 0.327. The molecular formula is C21H26O2. The fraction of sp³-hybridized carbons (Fsp3) is 0.429. The van der Waals surface area contributed by atoms with Crippen LogP contribution in [0.4, 0.5) is 0 Å². The first-order valence-corrected chi connectivity index (χ1v) is 8.80. The molecule has 2 N–H and O–H groups in total. The summed E-state index contributed by atoms with van der Waals surface area (Å²) >= 11 is 0. The van der Waals surface area contributed by atoms with Crippen molar-refractivity contribution < 1.29 is 10.2 Å². The molecule has 0 spiro atoms. The molecule has 0 aliphatic heterocycles. The molecule has 0 amide bonds. The van der Waals surface area contributed by atoms with E-state index in [9.17, 15) is 10.2 Å². The van der Waals surface area contributed by atoms with Gasteiger partial charge in [-0.3, -0.25) is 0 Å². The minimum absolute atomic E-state index is 0.311. The van der Waals surface area contributed by atoms with Gasteiger partial charge in [0.05, 0.1) is 0 Å². The molecule has 1 saturated carbocycles. The number of phenols is 2. The highest BCUT2D eigenvalue weighted by Crippen LogP contribution is 2.35. The summed E-state index contributed by atoms with van der Waals surface area (Å²) in [5.41, 5.74) is 2.48. The zero-order chi connectivity index (χ0) is 16.1. The first-order valence-electron chi connectivity index (χ1n) is 8.80. The Balaban J connectivity index is 1.77. The van der Waals surface area contributed by atoms with Crippen molar-refractivity contribution in [3.63, 3.8) is 0 Å². The van der Waals surface area contributed by atoms with Gasteiger partial charge < -0.3 is 10.2 Å². The van der Waals surface area contributed by atoms with Crippen molar-refractivity contribution in [2.75, 3.05) is 0 Å². The van der Waals surface area contributed by atoms with E-state index in [2.05, 4.69) is 0 Å². The molecule has 0 radical (unpaired) electrons. The molecule has 0 aromatic heterocycles. The molecule has 1 aliphatic carbocycles. The van der Waals surface area contributed by atoms with Gasteiger partial charge in [-0.1, -0.05) is 56.4 Å². The molecule has 2 nitrogen and oxygen atoms in total. The monoisotopic (exact) mass is 310 g/mol. The van der Waals surface area contributed by atoms with Gasteiger partial charge in [0.15, 0.2) is 0 Å². The molecule has 1 fully saturated rings. The molecule has 0 bridgehead atoms. The van der Waals surface area contributed by atoms with Gasteiger partial charge in [0.2, 0.25) is 0 Å². The van der Waals surface area contributed by atoms with Crippen molar-refractivity contribution in [1.29, 1.82) is 0 Å². The van der Waals surface area contributed by atoms with E-state index in [0.717, 1.165) is 12.3 Å². The highest BCUT2D eigenvalue weighted by molar-refractivity contribution is 5.37. The van der Waals surface area contributed by atoms with E-state index in [1.165, 1.54) is 49.7 Å². The number of phenolic OH excluding ortho intramolecular Hbond substituents is 2. The Morgan fingerprint density at radius 1 is 0.739 bits per heavy atom. The molecule has 2 aromatic carbocycles. The predicted octanol–water partition coefficient (Wildman–Crippen LogP) is 5.59. The van der Waals surface area contributed by atoms with Crippen LogP contribution >= 0.6 is 0 Å². The average Bonchev–Trinajstić information content (AvgIpc) is 2.59. The Hall–Kier alpha value is -1.96. The molecule has 0 unspecified atom stereocenters. The average molecular weight is 310 g/mol. The van der Waals surface area contributed by atoms with Gasteiger partial charge in [-0.2, -0.15) is 0 Å². The lowest BCUT2D eigenvalue weighted by Crippen LogP contribution is -2.09. The first kappa shape index (κ1) is 15.9. The van der Waals surface area contributed by atoms with E-state index in [1.807, 2.05) is 24.3 Å². The molecule has 1 aliphatic rings. The molecule has 2 aromatic rings. The largest absolute Gasteiger partial charge is 0.508 e. The third-order valence-corrected chi connectivity index (χ3v) is 5.18. The van der Waals surface area contributed by atoms with Crippen LogP contribution < -0.4 is 0 Å². The molecule has 23 heavy (non-hydrogen) atoms. The quantitative estimate of drug-likeness (QED) is 0.755. The maximum Gasteiger partial charge on any atom is 0.115 e. The fourth-order valence-electron chi connectivity index (χ4n) is 3.82. The second-order valence-corrected chi connectivity index (χ2v) is 6.82. The van der Waals surface area contributed by atoms with Gasteiger partial charge >= 0.3 is 0 Å². The molecule has 0 saturated heterocycles. The van der Waals surface area contributed by atoms with E-state index < -0.39 is 0 Å². The molecule has 3 rings (SSSR count). The van der Waals surface area contributed by atoms with Gasteiger partial charge in [-0.15, -0.1) is 0 Å².